The Bertz CT molecular complexity index is 1280. The topological polar surface area (TPSA) is 86.0 Å². The van der Waals surface area contributed by atoms with Crippen LogP contribution >= 0.6 is 0 Å². The number of para-hydroxylation sites is 1. The van der Waals surface area contributed by atoms with Crippen LogP contribution in [-0.2, 0) is 0 Å². The van der Waals surface area contributed by atoms with E-state index < -0.39 is 0 Å². The van der Waals surface area contributed by atoms with Gasteiger partial charge in [-0.05, 0) is 49.4 Å². The first-order valence-electron chi connectivity index (χ1n) is 9.61. The van der Waals surface area contributed by atoms with Crippen molar-refractivity contribution in [2.24, 2.45) is 5.10 Å². The number of benzene rings is 2. The van der Waals surface area contributed by atoms with Crippen molar-refractivity contribution in [2.75, 3.05) is 14.2 Å². The molecule has 156 valence electrons. The van der Waals surface area contributed by atoms with Gasteiger partial charge in [-0.15, -0.1) is 0 Å². The average Bonchev–Trinajstić information content (AvgIpc) is 3.24. The first-order valence-corrected chi connectivity index (χ1v) is 9.61. The van der Waals surface area contributed by atoms with Gasteiger partial charge in [0.05, 0.1) is 31.5 Å². The zero-order chi connectivity index (χ0) is 21.8. The molecular weight excluding hydrogens is 394 g/mol. The first kappa shape index (κ1) is 20.2. The van der Waals surface area contributed by atoms with Crippen LogP contribution < -0.4 is 14.9 Å². The third kappa shape index (κ3) is 4.25. The zero-order valence-electron chi connectivity index (χ0n) is 17.4. The fourth-order valence-electron chi connectivity index (χ4n) is 3.22. The Balaban J connectivity index is 1.66. The van der Waals surface area contributed by atoms with Gasteiger partial charge >= 0.3 is 0 Å². The number of methoxy groups -OCH3 is 2. The van der Waals surface area contributed by atoms with Crippen molar-refractivity contribution < 1.29 is 18.7 Å². The molecule has 2 heterocycles. The van der Waals surface area contributed by atoms with Gasteiger partial charge in [-0.25, -0.2) is 10.4 Å². The van der Waals surface area contributed by atoms with Crippen molar-refractivity contribution in [3.63, 3.8) is 0 Å². The summed E-state index contributed by atoms with van der Waals surface area (Å²) in [7, 11) is 3.15. The van der Waals surface area contributed by atoms with Crippen LogP contribution in [-0.4, -0.2) is 31.3 Å². The van der Waals surface area contributed by atoms with Crippen molar-refractivity contribution in [3.05, 3.63) is 77.6 Å². The van der Waals surface area contributed by atoms with Gasteiger partial charge in [0.25, 0.3) is 5.91 Å². The van der Waals surface area contributed by atoms with Crippen LogP contribution in [0.5, 0.6) is 11.5 Å². The van der Waals surface area contributed by atoms with Gasteiger partial charge in [0.1, 0.15) is 23.0 Å². The van der Waals surface area contributed by atoms with Crippen LogP contribution in [0.4, 0.5) is 0 Å². The van der Waals surface area contributed by atoms with Gasteiger partial charge in [0, 0.05) is 10.9 Å². The molecule has 4 aromatic rings. The van der Waals surface area contributed by atoms with Crippen molar-refractivity contribution in [1.29, 1.82) is 0 Å². The second kappa shape index (κ2) is 8.71. The molecule has 0 bridgehead atoms. The molecule has 0 fully saturated rings. The van der Waals surface area contributed by atoms with Crippen LogP contribution in [0.25, 0.3) is 22.4 Å². The summed E-state index contributed by atoms with van der Waals surface area (Å²) in [4.78, 5) is 17.6. The van der Waals surface area contributed by atoms with E-state index in [2.05, 4.69) is 15.5 Å². The highest BCUT2D eigenvalue weighted by Crippen LogP contribution is 2.26. The van der Waals surface area contributed by atoms with Gasteiger partial charge in [0.2, 0.25) is 0 Å². The van der Waals surface area contributed by atoms with Crippen molar-refractivity contribution in [3.8, 4) is 23.0 Å². The molecule has 0 saturated heterocycles. The number of amides is 1. The number of aromatic nitrogens is 1. The normalized spacial score (nSPS) is 11.1. The van der Waals surface area contributed by atoms with Crippen LogP contribution in [0.3, 0.4) is 0 Å². The number of hydrazone groups is 1. The number of nitrogens with one attached hydrogen (secondary N) is 1. The third-order valence-corrected chi connectivity index (χ3v) is 4.76. The molecule has 2 aromatic heterocycles. The molecule has 7 nitrogen and oxygen atoms in total. The molecule has 1 N–H and O–H groups in total. The number of carbonyl (C=O) groups excluding carboxylic acids is 1. The van der Waals surface area contributed by atoms with Crippen LogP contribution in [0, 0.1) is 6.92 Å². The number of furan rings is 1. The van der Waals surface area contributed by atoms with Crippen molar-refractivity contribution in [1.82, 2.24) is 10.4 Å². The summed E-state index contributed by atoms with van der Waals surface area (Å²) >= 11 is 0. The Morgan fingerprint density at radius 1 is 1.06 bits per heavy atom. The zero-order valence-corrected chi connectivity index (χ0v) is 17.4. The number of pyridine rings is 1. The molecule has 0 aliphatic carbocycles. The Labute approximate surface area is 179 Å². The second-order valence-corrected chi connectivity index (χ2v) is 6.79. The number of hydrogen-bond acceptors (Lipinski definition) is 6. The minimum absolute atomic E-state index is 0.360. The highest BCUT2D eigenvalue weighted by atomic mass is 16.5. The fraction of sp³-hybridized carbons (Fsp3) is 0.125. The number of carbonyl (C=O) groups is 1. The molecule has 0 saturated carbocycles. The van der Waals surface area contributed by atoms with E-state index in [1.54, 1.807) is 38.5 Å². The Morgan fingerprint density at radius 3 is 2.65 bits per heavy atom. The maximum Gasteiger partial charge on any atom is 0.272 e. The quantitative estimate of drug-likeness (QED) is 0.368. The van der Waals surface area contributed by atoms with Gasteiger partial charge in [-0.1, -0.05) is 18.2 Å². The molecule has 1 amide bonds. The van der Waals surface area contributed by atoms with E-state index in [0.29, 0.717) is 39.6 Å². The molecular formula is C24H21N3O4. The monoisotopic (exact) mass is 415 g/mol. The highest BCUT2D eigenvalue weighted by molar-refractivity contribution is 6.07. The van der Waals surface area contributed by atoms with Crippen molar-refractivity contribution in [2.45, 2.75) is 6.92 Å². The van der Waals surface area contributed by atoms with E-state index in [9.17, 15) is 4.79 Å². The summed E-state index contributed by atoms with van der Waals surface area (Å²) in [5.74, 6) is 2.28. The smallest absolute Gasteiger partial charge is 0.272 e. The Hall–Kier alpha value is -4.13. The van der Waals surface area contributed by atoms with E-state index >= 15 is 0 Å². The largest absolute Gasteiger partial charge is 0.497 e. The summed E-state index contributed by atoms with van der Waals surface area (Å²) in [5.41, 5.74) is 4.98. The molecule has 31 heavy (non-hydrogen) atoms. The highest BCUT2D eigenvalue weighted by Gasteiger charge is 2.15. The lowest BCUT2D eigenvalue weighted by Crippen LogP contribution is -2.18. The first-order chi connectivity index (χ1) is 15.1. The molecule has 0 atom stereocenters. The number of rotatable bonds is 6. The van der Waals surface area contributed by atoms with Crippen molar-refractivity contribution >= 4 is 23.0 Å². The van der Waals surface area contributed by atoms with E-state index in [1.807, 2.05) is 43.3 Å². The minimum Gasteiger partial charge on any atom is -0.497 e. The van der Waals surface area contributed by atoms with E-state index in [4.69, 9.17) is 13.9 Å². The number of fused-ring (bicyclic) bond motifs is 1. The standard InChI is InChI=1S/C24H21N3O4/c1-15-8-10-23(31-15)21-13-19(18-6-4-5-7-20(18)26-21)24(28)27-25-14-16-12-17(29-2)9-11-22(16)30-3/h4-14H,1-3H3,(H,27,28)/b25-14-. The summed E-state index contributed by atoms with van der Waals surface area (Å²) < 4.78 is 16.3. The van der Waals surface area contributed by atoms with Crippen LogP contribution in [0.15, 0.2) is 70.2 Å². The van der Waals surface area contributed by atoms with E-state index in [0.717, 1.165) is 11.1 Å². The van der Waals surface area contributed by atoms with Gasteiger partial charge < -0.3 is 13.9 Å². The number of ether oxygens (including phenoxy) is 2. The maximum absolute atomic E-state index is 13.0. The Morgan fingerprint density at radius 2 is 1.90 bits per heavy atom. The molecule has 0 radical (unpaired) electrons. The average molecular weight is 415 g/mol. The summed E-state index contributed by atoms with van der Waals surface area (Å²) in [6, 6.07) is 18.2. The lowest BCUT2D eigenvalue weighted by molar-refractivity contribution is 0.0956. The number of aryl methyl sites for hydroxylation is 1. The number of hydrogen-bond donors (Lipinski definition) is 1. The summed E-state index contributed by atoms with van der Waals surface area (Å²) in [6.07, 6.45) is 1.51. The minimum atomic E-state index is -0.360. The van der Waals surface area contributed by atoms with Gasteiger partial charge in [-0.3, -0.25) is 4.79 Å². The van der Waals surface area contributed by atoms with Crippen LogP contribution in [0.1, 0.15) is 21.7 Å². The molecule has 4 rings (SSSR count). The third-order valence-electron chi connectivity index (χ3n) is 4.76. The van der Waals surface area contributed by atoms with Gasteiger partial charge in [0.15, 0.2) is 5.76 Å². The molecule has 0 aliphatic heterocycles. The maximum atomic E-state index is 13.0. The number of nitrogens with zero attached hydrogens (tertiary/aromatic N) is 2. The molecule has 7 heteroatoms. The molecule has 0 aliphatic rings. The predicted molar refractivity (Wildman–Crippen MR) is 119 cm³/mol. The Kier molecular flexibility index (Phi) is 5.66. The molecule has 0 spiro atoms. The summed E-state index contributed by atoms with van der Waals surface area (Å²) in [6.45, 7) is 1.86. The molecule has 2 aromatic carbocycles. The van der Waals surface area contributed by atoms with E-state index in [1.165, 1.54) is 6.21 Å². The van der Waals surface area contributed by atoms with Crippen LogP contribution in [0.2, 0.25) is 0 Å². The fourth-order valence-corrected chi connectivity index (χ4v) is 3.22. The van der Waals surface area contributed by atoms with E-state index in [-0.39, 0.29) is 5.91 Å². The lowest BCUT2D eigenvalue weighted by Gasteiger charge is -2.08. The SMILES string of the molecule is COc1ccc(OC)c(/C=N\NC(=O)c2cc(-c3ccc(C)o3)nc3ccccc23)c1. The lowest BCUT2D eigenvalue weighted by atomic mass is 10.1. The molecule has 0 unspecified atom stereocenters. The van der Waals surface area contributed by atoms with Gasteiger partial charge in [-0.2, -0.15) is 5.10 Å². The summed E-state index contributed by atoms with van der Waals surface area (Å²) in [5, 5.41) is 4.83. The predicted octanol–water partition coefficient (Wildman–Crippen LogP) is 4.58. The second-order valence-electron chi connectivity index (χ2n) is 6.79.